The third-order valence-electron chi connectivity index (χ3n) is 7.62. The lowest BCUT2D eigenvalue weighted by Crippen LogP contribution is -2.61. The quantitative estimate of drug-likeness (QED) is 0.0412. The first-order chi connectivity index (χ1) is 25.9. The summed E-state index contributed by atoms with van der Waals surface area (Å²) in [5.74, 6) is -9.61. The van der Waals surface area contributed by atoms with Gasteiger partial charge in [0.2, 0.25) is 41.4 Å². The van der Waals surface area contributed by atoms with Crippen LogP contribution in [0.2, 0.25) is 0 Å². The summed E-state index contributed by atoms with van der Waals surface area (Å²) in [6, 6.07) is -9.90. The van der Waals surface area contributed by atoms with Gasteiger partial charge in [0.15, 0.2) is 0 Å². The molecular formula is C31H50N10O12S2. The molecule has 1 aromatic heterocycles. The highest BCUT2D eigenvalue weighted by atomic mass is 32.1. The maximum Gasteiger partial charge on any atom is 0.326 e. The van der Waals surface area contributed by atoms with Gasteiger partial charge in [-0.2, -0.15) is 25.3 Å². The molecule has 0 aromatic carbocycles. The van der Waals surface area contributed by atoms with Crippen molar-refractivity contribution in [2.45, 2.75) is 88.7 Å². The smallest absolute Gasteiger partial charge is 0.326 e. The van der Waals surface area contributed by atoms with Gasteiger partial charge in [-0.05, 0) is 25.7 Å². The SMILES string of the molecule is CC(C)C[C@H](NC(=O)[C@H](CO)NC(=O)[C@H](CS)NC(=O)[C@H](Cc1cnc[nH]1)NC(=O)[C@H](CCC(=O)O)NC(=O)[C@H](C)NC(=O)[C@H](CS)NC(=O)CN)C(=O)O. The van der Waals surface area contributed by atoms with Crippen LogP contribution < -0.4 is 43.0 Å². The number of carbonyl (C=O) groups excluding carboxylic acids is 7. The molecule has 7 amide bonds. The van der Waals surface area contributed by atoms with Crippen molar-refractivity contribution in [2.75, 3.05) is 24.7 Å². The molecule has 0 aliphatic rings. The summed E-state index contributed by atoms with van der Waals surface area (Å²) in [4.78, 5) is 120. The number of nitrogens with zero attached hydrogens (tertiary/aromatic N) is 1. The lowest BCUT2D eigenvalue weighted by Gasteiger charge is -2.26. The molecule has 0 fully saturated rings. The van der Waals surface area contributed by atoms with Gasteiger partial charge in [-0.15, -0.1) is 0 Å². The van der Waals surface area contributed by atoms with Gasteiger partial charge >= 0.3 is 11.9 Å². The largest absolute Gasteiger partial charge is 0.481 e. The van der Waals surface area contributed by atoms with Crippen molar-refractivity contribution in [3.63, 3.8) is 0 Å². The van der Waals surface area contributed by atoms with E-state index >= 15 is 0 Å². The van der Waals surface area contributed by atoms with Crippen LogP contribution in [0.4, 0.5) is 0 Å². The molecule has 0 aliphatic heterocycles. The Labute approximate surface area is 326 Å². The number of thiol groups is 2. The molecule has 1 heterocycles. The average molecular weight is 819 g/mol. The normalized spacial score (nSPS) is 14.8. The van der Waals surface area contributed by atoms with Gasteiger partial charge in [0.25, 0.3) is 0 Å². The summed E-state index contributed by atoms with van der Waals surface area (Å²) in [6.45, 7) is 3.40. The summed E-state index contributed by atoms with van der Waals surface area (Å²) in [5, 5.41) is 44.8. The number of aliphatic carboxylic acids is 2. The second kappa shape index (κ2) is 24.5. The average Bonchev–Trinajstić information content (AvgIpc) is 3.64. The number of amides is 7. The number of aliphatic hydroxyl groups excluding tert-OH is 1. The molecule has 55 heavy (non-hydrogen) atoms. The minimum Gasteiger partial charge on any atom is -0.481 e. The highest BCUT2D eigenvalue weighted by Gasteiger charge is 2.33. The molecule has 308 valence electrons. The van der Waals surface area contributed by atoms with E-state index in [9.17, 15) is 58.5 Å². The van der Waals surface area contributed by atoms with Crippen LogP contribution in [-0.2, 0) is 49.6 Å². The van der Waals surface area contributed by atoms with Crippen LogP contribution in [0, 0.1) is 5.92 Å². The minimum absolute atomic E-state index is 0.0652. The Kier molecular flexibility index (Phi) is 21.4. The first-order valence-electron chi connectivity index (χ1n) is 16.9. The number of carbonyl (C=O) groups is 9. The Hall–Kier alpha value is -4.94. The maximum atomic E-state index is 13.6. The molecule has 13 N–H and O–H groups in total. The molecule has 0 bridgehead atoms. The van der Waals surface area contributed by atoms with Gasteiger partial charge in [-0.3, -0.25) is 38.4 Å². The molecule has 0 radical (unpaired) electrons. The monoisotopic (exact) mass is 818 g/mol. The van der Waals surface area contributed by atoms with Crippen molar-refractivity contribution >= 4 is 78.5 Å². The summed E-state index contributed by atoms with van der Waals surface area (Å²) >= 11 is 8.10. The summed E-state index contributed by atoms with van der Waals surface area (Å²) in [6.07, 6.45) is 1.39. The molecular weight excluding hydrogens is 769 g/mol. The van der Waals surface area contributed by atoms with Crippen LogP contribution in [0.15, 0.2) is 12.5 Å². The molecule has 1 rings (SSSR count). The zero-order chi connectivity index (χ0) is 41.8. The fourth-order valence-electron chi connectivity index (χ4n) is 4.66. The number of aliphatic hydroxyl groups is 1. The number of aromatic amines is 1. The predicted molar refractivity (Wildman–Crippen MR) is 199 cm³/mol. The van der Waals surface area contributed by atoms with Crippen molar-refractivity contribution in [1.82, 2.24) is 47.2 Å². The standard InChI is InChI=1S/C31H50N10O12S2/c1-14(2)6-19(31(52)53)39-28(49)20(10-42)40-30(51)22(12-55)41-27(48)18(7-16-9-33-13-34-16)38-26(47)17(4-5-24(44)45)37-25(46)15(3)35-29(50)21(11-54)36-23(43)8-32/h9,13-15,17-22,42,54-55H,4-8,10-12,32H2,1-3H3,(H,33,34)(H,35,50)(H,36,43)(H,37,46)(H,38,47)(H,39,49)(H,40,51)(H,41,48)(H,44,45)(H,52,53)/t15-,17-,18-,19-,20-,21-,22-/m0/s1. The molecule has 1 aromatic rings. The van der Waals surface area contributed by atoms with E-state index in [4.69, 9.17) is 5.73 Å². The van der Waals surface area contributed by atoms with Crippen LogP contribution >= 0.6 is 25.3 Å². The second-order valence-corrected chi connectivity index (χ2v) is 13.3. The van der Waals surface area contributed by atoms with E-state index in [-0.39, 0.29) is 30.3 Å². The molecule has 7 atom stereocenters. The molecule has 0 unspecified atom stereocenters. The summed E-state index contributed by atoms with van der Waals surface area (Å²) in [7, 11) is 0. The minimum atomic E-state index is -1.61. The topological polar surface area (TPSA) is 353 Å². The Morgan fingerprint density at radius 3 is 1.71 bits per heavy atom. The van der Waals surface area contributed by atoms with Crippen molar-refractivity contribution in [3.8, 4) is 0 Å². The fourth-order valence-corrected chi connectivity index (χ4v) is 5.17. The van der Waals surface area contributed by atoms with Crippen molar-refractivity contribution in [3.05, 3.63) is 18.2 Å². The van der Waals surface area contributed by atoms with E-state index in [1.54, 1.807) is 13.8 Å². The number of hydrogen-bond donors (Lipinski definition) is 14. The third kappa shape index (κ3) is 17.4. The predicted octanol–water partition coefficient (Wildman–Crippen LogP) is -4.83. The lowest BCUT2D eigenvalue weighted by atomic mass is 10.0. The van der Waals surface area contributed by atoms with Gasteiger partial charge < -0.3 is 63.3 Å². The number of hydrogen-bond acceptors (Lipinski definition) is 14. The van der Waals surface area contributed by atoms with Gasteiger partial charge in [-0.1, -0.05) is 13.8 Å². The fraction of sp³-hybridized carbons (Fsp3) is 0.613. The summed E-state index contributed by atoms with van der Waals surface area (Å²) < 4.78 is 0. The molecule has 0 saturated carbocycles. The Bertz CT molecular complexity index is 1500. The first-order valence-corrected chi connectivity index (χ1v) is 18.2. The van der Waals surface area contributed by atoms with Crippen molar-refractivity contribution in [2.24, 2.45) is 11.7 Å². The Morgan fingerprint density at radius 2 is 1.20 bits per heavy atom. The first kappa shape index (κ1) is 48.1. The number of rotatable bonds is 25. The molecule has 24 heteroatoms. The van der Waals surface area contributed by atoms with E-state index in [0.717, 1.165) is 0 Å². The highest BCUT2D eigenvalue weighted by molar-refractivity contribution is 7.80. The molecule has 22 nitrogen and oxygen atoms in total. The van der Waals surface area contributed by atoms with E-state index in [1.165, 1.54) is 19.4 Å². The van der Waals surface area contributed by atoms with E-state index < -0.39 is 122 Å². The van der Waals surface area contributed by atoms with Gasteiger partial charge in [-0.25, -0.2) is 9.78 Å². The van der Waals surface area contributed by atoms with Crippen molar-refractivity contribution in [1.29, 1.82) is 0 Å². The highest BCUT2D eigenvalue weighted by Crippen LogP contribution is 2.07. The van der Waals surface area contributed by atoms with E-state index in [0.29, 0.717) is 5.69 Å². The maximum absolute atomic E-state index is 13.6. The molecule has 0 saturated heterocycles. The Morgan fingerprint density at radius 1 is 0.709 bits per heavy atom. The van der Waals surface area contributed by atoms with Crippen molar-refractivity contribution < 1.29 is 58.5 Å². The summed E-state index contributed by atoms with van der Waals surface area (Å²) in [5.41, 5.74) is 5.59. The van der Waals surface area contributed by atoms with Crippen LogP contribution in [-0.4, -0.2) is 146 Å². The van der Waals surface area contributed by atoms with Gasteiger partial charge in [0.1, 0.15) is 42.3 Å². The number of nitrogens with one attached hydrogen (secondary N) is 8. The van der Waals surface area contributed by atoms with Crippen LogP contribution in [0.5, 0.6) is 0 Å². The number of carboxylic acid groups (broad SMARTS) is 2. The van der Waals surface area contributed by atoms with Crippen LogP contribution in [0.3, 0.4) is 0 Å². The number of H-pyrrole nitrogens is 1. The van der Waals surface area contributed by atoms with Crippen LogP contribution in [0.25, 0.3) is 0 Å². The molecule has 0 spiro atoms. The number of aromatic nitrogens is 2. The van der Waals surface area contributed by atoms with Crippen LogP contribution in [0.1, 0.15) is 45.7 Å². The molecule has 0 aliphatic carbocycles. The number of imidazole rings is 1. The zero-order valence-electron chi connectivity index (χ0n) is 30.4. The van der Waals surface area contributed by atoms with E-state index in [1.807, 2.05) is 0 Å². The lowest BCUT2D eigenvalue weighted by molar-refractivity contribution is -0.143. The van der Waals surface area contributed by atoms with Gasteiger partial charge in [0, 0.05) is 36.2 Å². The second-order valence-electron chi connectivity index (χ2n) is 12.6. The Balaban J connectivity index is 3.18. The third-order valence-corrected chi connectivity index (χ3v) is 8.35. The van der Waals surface area contributed by atoms with E-state index in [2.05, 4.69) is 72.4 Å². The number of nitrogens with two attached hydrogens (primary N) is 1. The van der Waals surface area contributed by atoms with Gasteiger partial charge in [0.05, 0.1) is 19.5 Å². The number of carboxylic acids is 2. The zero-order valence-corrected chi connectivity index (χ0v) is 32.2.